The smallest absolute Gasteiger partial charge is 0.224 e. The van der Waals surface area contributed by atoms with Gasteiger partial charge in [-0.2, -0.15) is 0 Å². The highest BCUT2D eigenvalue weighted by molar-refractivity contribution is 5.34. The Kier molecular flexibility index (Phi) is 5.36. The molecule has 1 fully saturated rings. The number of rotatable bonds is 7. The fourth-order valence-electron chi connectivity index (χ4n) is 3.12. The van der Waals surface area contributed by atoms with E-state index in [1.54, 1.807) is 14.2 Å². The number of nitrogens with zero attached hydrogens (tertiary/aromatic N) is 3. The summed E-state index contributed by atoms with van der Waals surface area (Å²) in [7, 11) is 7.56. The van der Waals surface area contributed by atoms with Crippen LogP contribution >= 0.6 is 0 Å². The van der Waals surface area contributed by atoms with Gasteiger partial charge in [-0.15, -0.1) is 0 Å². The first-order valence-corrected chi connectivity index (χ1v) is 7.43. The summed E-state index contributed by atoms with van der Waals surface area (Å²) in [5, 5.41) is 3.53. The predicted octanol–water partition coefficient (Wildman–Crippen LogP) is 1.46. The van der Waals surface area contributed by atoms with Crippen molar-refractivity contribution in [3.05, 3.63) is 11.9 Å². The van der Waals surface area contributed by atoms with Gasteiger partial charge in [-0.1, -0.05) is 12.8 Å². The average Bonchev–Trinajstić information content (AvgIpc) is 2.97. The molecule has 1 heterocycles. The molecule has 0 spiro atoms. The number of aromatic nitrogens is 2. The monoisotopic (exact) mass is 294 g/mol. The zero-order chi connectivity index (χ0) is 15.3. The maximum Gasteiger partial charge on any atom is 0.224 e. The first kappa shape index (κ1) is 16.0. The van der Waals surface area contributed by atoms with E-state index in [-0.39, 0.29) is 5.54 Å². The van der Waals surface area contributed by atoms with Crippen molar-refractivity contribution in [3.63, 3.8) is 0 Å². The second-order valence-corrected chi connectivity index (χ2v) is 5.80. The van der Waals surface area contributed by atoms with E-state index in [9.17, 15) is 0 Å². The molecule has 6 heteroatoms. The van der Waals surface area contributed by atoms with Gasteiger partial charge in [0.15, 0.2) is 0 Å². The molecule has 118 valence electrons. The van der Waals surface area contributed by atoms with E-state index in [2.05, 4.69) is 34.3 Å². The third-order valence-electron chi connectivity index (χ3n) is 4.49. The van der Waals surface area contributed by atoms with Crippen LogP contribution in [0.5, 0.6) is 11.8 Å². The number of ether oxygens (including phenoxy) is 2. The maximum absolute atomic E-state index is 5.30. The Bertz CT molecular complexity index is 437. The van der Waals surface area contributed by atoms with E-state index in [0.717, 1.165) is 12.1 Å². The molecule has 0 saturated heterocycles. The minimum absolute atomic E-state index is 0.260. The van der Waals surface area contributed by atoms with Crippen molar-refractivity contribution in [1.29, 1.82) is 0 Å². The summed E-state index contributed by atoms with van der Waals surface area (Å²) in [4.78, 5) is 10.6. The minimum atomic E-state index is 0.260. The summed E-state index contributed by atoms with van der Waals surface area (Å²) < 4.78 is 10.6. The molecule has 0 unspecified atom stereocenters. The van der Waals surface area contributed by atoms with Crippen LogP contribution in [-0.2, 0) is 6.54 Å². The van der Waals surface area contributed by atoms with Gasteiger partial charge in [0, 0.05) is 18.6 Å². The van der Waals surface area contributed by atoms with Gasteiger partial charge in [-0.05, 0) is 26.9 Å². The van der Waals surface area contributed by atoms with Crippen molar-refractivity contribution in [2.75, 3.05) is 34.9 Å². The topological polar surface area (TPSA) is 59.5 Å². The molecule has 1 aliphatic rings. The molecule has 0 aromatic carbocycles. The zero-order valence-electron chi connectivity index (χ0n) is 13.5. The lowest BCUT2D eigenvalue weighted by Crippen LogP contribution is -2.49. The molecule has 21 heavy (non-hydrogen) atoms. The lowest BCUT2D eigenvalue weighted by molar-refractivity contribution is 0.153. The Balaban J connectivity index is 2.03. The van der Waals surface area contributed by atoms with Gasteiger partial charge in [0.25, 0.3) is 0 Å². The number of nitrogens with one attached hydrogen (secondary N) is 1. The highest BCUT2D eigenvalue weighted by atomic mass is 16.5. The molecule has 0 bridgehead atoms. The third kappa shape index (κ3) is 3.44. The molecular formula is C15H26N4O2. The predicted molar refractivity (Wildman–Crippen MR) is 81.7 cm³/mol. The van der Waals surface area contributed by atoms with Gasteiger partial charge in [-0.3, -0.25) is 0 Å². The maximum atomic E-state index is 5.30. The first-order chi connectivity index (χ1) is 10.1. The highest BCUT2D eigenvalue weighted by Crippen LogP contribution is 2.33. The number of hydrogen-bond donors (Lipinski definition) is 1. The van der Waals surface area contributed by atoms with E-state index in [1.165, 1.54) is 32.0 Å². The lowest BCUT2D eigenvalue weighted by atomic mass is 9.96. The molecule has 1 N–H and O–H groups in total. The van der Waals surface area contributed by atoms with E-state index in [1.807, 2.05) is 0 Å². The standard InChI is InChI=1S/C15H26N4O2/c1-19(2)15(7-5-6-8-15)10-16-9-12-13(20-3)17-11-18-14(12)21-4/h11,16H,5-10H2,1-4H3. The fourth-order valence-corrected chi connectivity index (χ4v) is 3.12. The zero-order valence-corrected chi connectivity index (χ0v) is 13.5. The summed E-state index contributed by atoms with van der Waals surface area (Å²) in [5.74, 6) is 1.14. The summed E-state index contributed by atoms with van der Waals surface area (Å²) in [6.07, 6.45) is 6.56. The summed E-state index contributed by atoms with van der Waals surface area (Å²) >= 11 is 0. The van der Waals surface area contributed by atoms with Crippen LogP contribution in [0.3, 0.4) is 0 Å². The van der Waals surface area contributed by atoms with E-state index in [4.69, 9.17) is 9.47 Å². The van der Waals surface area contributed by atoms with Crippen LogP contribution in [0, 0.1) is 0 Å². The third-order valence-corrected chi connectivity index (χ3v) is 4.49. The normalized spacial score (nSPS) is 17.2. The van der Waals surface area contributed by atoms with Gasteiger partial charge >= 0.3 is 0 Å². The summed E-state index contributed by atoms with van der Waals surface area (Å²) in [6, 6.07) is 0. The molecule has 0 atom stereocenters. The molecule has 0 aliphatic heterocycles. The molecule has 1 aromatic rings. The number of methoxy groups -OCH3 is 2. The van der Waals surface area contributed by atoms with Crippen molar-refractivity contribution < 1.29 is 9.47 Å². The Morgan fingerprint density at radius 1 is 1.14 bits per heavy atom. The molecule has 2 rings (SSSR count). The van der Waals surface area contributed by atoms with Crippen LogP contribution in [-0.4, -0.2) is 55.3 Å². The van der Waals surface area contributed by atoms with Gasteiger partial charge in [0.05, 0.1) is 19.8 Å². The second-order valence-electron chi connectivity index (χ2n) is 5.80. The Labute approximate surface area is 126 Å². The SMILES string of the molecule is COc1ncnc(OC)c1CNCC1(N(C)C)CCCC1. The Morgan fingerprint density at radius 2 is 1.71 bits per heavy atom. The van der Waals surface area contributed by atoms with E-state index >= 15 is 0 Å². The van der Waals surface area contributed by atoms with Crippen LogP contribution in [0.15, 0.2) is 6.33 Å². The van der Waals surface area contributed by atoms with Crippen molar-refractivity contribution in [2.24, 2.45) is 0 Å². The molecule has 1 saturated carbocycles. The van der Waals surface area contributed by atoms with Crippen LogP contribution < -0.4 is 14.8 Å². The highest BCUT2D eigenvalue weighted by Gasteiger charge is 2.35. The lowest BCUT2D eigenvalue weighted by Gasteiger charge is -2.36. The molecular weight excluding hydrogens is 268 g/mol. The number of hydrogen-bond acceptors (Lipinski definition) is 6. The largest absolute Gasteiger partial charge is 0.481 e. The van der Waals surface area contributed by atoms with Gasteiger partial charge in [-0.25, -0.2) is 9.97 Å². The van der Waals surface area contributed by atoms with Crippen molar-refractivity contribution >= 4 is 0 Å². The van der Waals surface area contributed by atoms with Crippen LogP contribution in [0.1, 0.15) is 31.2 Å². The number of likely N-dealkylation sites (N-methyl/N-ethyl adjacent to an activating group) is 1. The van der Waals surface area contributed by atoms with Crippen LogP contribution in [0.25, 0.3) is 0 Å². The van der Waals surface area contributed by atoms with E-state index < -0.39 is 0 Å². The van der Waals surface area contributed by atoms with Crippen molar-refractivity contribution in [3.8, 4) is 11.8 Å². The van der Waals surface area contributed by atoms with E-state index in [0.29, 0.717) is 18.3 Å². The van der Waals surface area contributed by atoms with Crippen molar-refractivity contribution in [2.45, 2.75) is 37.8 Å². The summed E-state index contributed by atoms with van der Waals surface area (Å²) in [5.41, 5.74) is 1.13. The second kappa shape index (κ2) is 7.04. The fraction of sp³-hybridized carbons (Fsp3) is 0.733. The van der Waals surface area contributed by atoms with Gasteiger partial charge in [0.2, 0.25) is 11.8 Å². The average molecular weight is 294 g/mol. The molecule has 1 aromatic heterocycles. The van der Waals surface area contributed by atoms with Gasteiger partial charge < -0.3 is 19.7 Å². The van der Waals surface area contributed by atoms with Crippen LogP contribution in [0.2, 0.25) is 0 Å². The quantitative estimate of drug-likeness (QED) is 0.821. The van der Waals surface area contributed by atoms with Crippen molar-refractivity contribution in [1.82, 2.24) is 20.2 Å². The Morgan fingerprint density at radius 3 is 2.19 bits per heavy atom. The Hall–Kier alpha value is -1.40. The first-order valence-electron chi connectivity index (χ1n) is 7.43. The summed E-state index contributed by atoms with van der Waals surface area (Å²) in [6.45, 7) is 1.59. The van der Waals surface area contributed by atoms with Crippen LogP contribution in [0.4, 0.5) is 0 Å². The molecule has 6 nitrogen and oxygen atoms in total. The molecule has 0 amide bonds. The van der Waals surface area contributed by atoms with Gasteiger partial charge in [0.1, 0.15) is 6.33 Å². The molecule has 0 radical (unpaired) electrons. The molecule has 1 aliphatic carbocycles. The minimum Gasteiger partial charge on any atom is -0.481 e.